The van der Waals surface area contributed by atoms with Crippen LogP contribution in [0.1, 0.15) is 63.5 Å². The molecule has 2 aliphatic rings. The fourth-order valence-electron chi connectivity index (χ4n) is 4.42. The summed E-state index contributed by atoms with van der Waals surface area (Å²) in [6, 6.07) is 3.56. The number of carboxylic acids is 1. The number of carboxylic acid groups (broad SMARTS) is 1. The molecule has 3 rings (SSSR count). The van der Waals surface area contributed by atoms with Gasteiger partial charge in [-0.15, -0.1) is 0 Å². The number of aliphatic hydroxyl groups excluding tert-OH is 1. The Morgan fingerprint density at radius 1 is 1.38 bits per heavy atom. The van der Waals surface area contributed by atoms with Crippen molar-refractivity contribution < 1.29 is 24.9 Å². The van der Waals surface area contributed by atoms with Crippen molar-refractivity contribution in [3.05, 3.63) is 34.9 Å². The van der Waals surface area contributed by atoms with Crippen LogP contribution in [0, 0.1) is 5.92 Å². The Morgan fingerprint density at radius 3 is 2.77 bits per heavy atom. The SMILES string of the molecule is CCCC(O)Cc1cc(O)c2c(c1)OC(C)(C)C1CCC(C(=O)O)=CC21. The Balaban J connectivity index is 2.03. The number of phenolic OH excluding ortho intramolecular Hbond substituents is 1. The van der Waals surface area contributed by atoms with Crippen LogP contribution in [0.2, 0.25) is 0 Å². The van der Waals surface area contributed by atoms with E-state index in [9.17, 15) is 20.1 Å². The van der Waals surface area contributed by atoms with Gasteiger partial charge in [0.15, 0.2) is 0 Å². The minimum absolute atomic E-state index is 0.112. The van der Waals surface area contributed by atoms with E-state index in [-0.39, 0.29) is 17.6 Å². The summed E-state index contributed by atoms with van der Waals surface area (Å²) in [5.74, 6) is -0.246. The van der Waals surface area contributed by atoms with E-state index in [1.165, 1.54) is 0 Å². The van der Waals surface area contributed by atoms with E-state index in [1.54, 1.807) is 12.1 Å². The average Bonchev–Trinajstić information content (AvgIpc) is 2.53. The van der Waals surface area contributed by atoms with E-state index in [0.717, 1.165) is 12.0 Å². The predicted molar refractivity (Wildman–Crippen MR) is 98.6 cm³/mol. The molecular weight excluding hydrogens is 332 g/mol. The van der Waals surface area contributed by atoms with Crippen LogP contribution in [0.4, 0.5) is 0 Å². The second-order valence-corrected chi connectivity index (χ2v) is 8.05. The zero-order valence-corrected chi connectivity index (χ0v) is 15.7. The van der Waals surface area contributed by atoms with Crippen LogP contribution in [0.15, 0.2) is 23.8 Å². The van der Waals surface area contributed by atoms with Crippen LogP contribution in [-0.2, 0) is 11.2 Å². The third kappa shape index (κ3) is 3.45. The maximum Gasteiger partial charge on any atom is 0.331 e. The van der Waals surface area contributed by atoms with Crippen molar-refractivity contribution in [1.82, 2.24) is 0 Å². The number of aliphatic hydroxyl groups is 1. The van der Waals surface area contributed by atoms with Crippen molar-refractivity contribution in [2.24, 2.45) is 5.92 Å². The van der Waals surface area contributed by atoms with Crippen LogP contribution < -0.4 is 4.74 Å². The van der Waals surface area contributed by atoms with Gasteiger partial charge in [0.2, 0.25) is 0 Å². The first-order chi connectivity index (χ1) is 12.2. The van der Waals surface area contributed by atoms with Crippen LogP contribution >= 0.6 is 0 Å². The average molecular weight is 360 g/mol. The second-order valence-electron chi connectivity index (χ2n) is 8.05. The monoisotopic (exact) mass is 360 g/mol. The Hall–Kier alpha value is -2.01. The molecule has 0 spiro atoms. The zero-order valence-electron chi connectivity index (χ0n) is 15.7. The number of fused-ring (bicyclic) bond motifs is 3. The molecule has 5 heteroatoms. The fourth-order valence-corrected chi connectivity index (χ4v) is 4.42. The molecule has 1 aliphatic heterocycles. The quantitative estimate of drug-likeness (QED) is 0.744. The maximum atomic E-state index is 11.4. The first-order valence-corrected chi connectivity index (χ1v) is 9.39. The van der Waals surface area contributed by atoms with Crippen LogP contribution in [0.5, 0.6) is 11.5 Å². The van der Waals surface area contributed by atoms with Crippen LogP contribution in [0.3, 0.4) is 0 Å². The number of aliphatic carboxylic acids is 1. The lowest BCUT2D eigenvalue weighted by Crippen LogP contribution is -2.45. The number of aromatic hydroxyl groups is 1. The molecule has 0 saturated heterocycles. The van der Waals surface area contributed by atoms with E-state index in [4.69, 9.17) is 4.74 Å². The molecule has 0 bridgehead atoms. The third-order valence-corrected chi connectivity index (χ3v) is 5.69. The molecule has 0 radical (unpaired) electrons. The number of benzene rings is 1. The molecule has 0 fully saturated rings. The number of rotatable bonds is 5. The predicted octanol–water partition coefficient (Wildman–Crippen LogP) is 3.77. The number of carbonyl (C=O) groups is 1. The molecule has 1 aromatic rings. The first-order valence-electron chi connectivity index (χ1n) is 9.39. The number of hydrogen-bond donors (Lipinski definition) is 3. The summed E-state index contributed by atoms with van der Waals surface area (Å²) >= 11 is 0. The zero-order chi connectivity index (χ0) is 19.1. The highest BCUT2D eigenvalue weighted by Gasteiger charge is 2.46. The highest BCUT2D eigenvalue weighted by molar-refractivity contribution is 5.87. The molecule has 1 heterocycles. The van der Waals surface area contributed by atoms with Gasteiger partial charge in [-0.25, -0.2) is 4.79 Å². The number of phenols is 1. The van der Waals surface area contributed by atoms with Gasteiger partial charge in [-0.3, -0.25) is 0 Å². The molecule has 3 N–H and O–H groups in total. The molecular formula is C21H28O5. The number of ether oxygens (including phenoxy) is 1. The molecule has 0 saturated carbocycles. The van der Waals surface area contributed by atoms with Gasteiger partial charge in [0.1, 0.15) is 17.1 Å². The van der Waals surface area contributed by atoms with Crippen LogP contribution in [-0.4, -0.2) is 33.0 Å². The lowest BCUT2D eigenvalue weighted by molar-refractivity contribution is -0.133. The van der Waals surface area contributed by atoms with Gasteiger partial charge in [-0.2, -0.15) is 0 Å². The molecule has 0 aromatic heterocycles. The van der Waals surface area contributed by atoms with Crippen LogP contribution in [0.25, 0.3) is 0 Å². The molecule has 1 aromatic carbocycles. The molecule has 0 amide bonds. The summed E-state index contributed by atoms with van der Waals surface area (Å²) in [5.41, 5.74) is 1.44. The van der Waals surface area contributed by atoms with Crippen molar-refractivity contribution in [3.8, 4) is 11.5 Å². The van der Waals surface area contributed by atoms with E-state index < -0.39 is 17.7 Å². The summed E-state index contributed by atoms with van der Waals surface area (Å²) in [7, 11) is 0. The molecule has 3 unspecified atom stereocenters. The van der Waals surface area contributed by atoms with Crippen molar-refractivity contribution in [2.45, 2.75) is 70.5 Å². The number of allylic oxidation sites excluding steroid dienone is 1. The van der Waals surface area contributed by atoms with Crippen molar-refractivity contribution in [1.29, 1.82) is 0 Å². The Labute approximate surface area is 154 Å². The second kappa shape index (κ2) is 6.95. The van der Waals surface area contributed by atoms with E-state index >= 15 is 0 Å². The number of hydrogen-bond acceptors (Lipinski definition) is 4. The standard InChI is InChI=1S/C21H28O5/c1-4-5-14(22)8-12-9-17(23)19-15-11-13(20(24)25)6-7-16(15)21(2,3)26-18(19)10-12/h9-11,14-16,22-23H,4-8H2,1-3H3,(H,24,25). The highest BCUT2D eigenvalue weighted by Crippen LogP contribution is 2.53. The Bertz CT molecular complexity index is 734. The van der Waals surface area contributed by atoms with Crippen molar-refractivity contribution >= 4 is 5.97 Å². The van der Waals surface area contributed by atoms with Crippen molar-refractivity contribution in [2.75, 3.05) is 0 Å². The lowest BCUT2D eigenvalue weighted by atomic mass is 9.67. The summed E-state index contributed by atoms with van der Waals surface area (Å²) in [4.78, 5) is 11.4. The largest absolute Gasteiger partial charge is 0.507 e. The molecule has 5 nitrogen and oxygen atoms in total. The Kier molecular flexibility index (Phi) is 5.02. The van der Waals surface area contributed by atoms with E-state index in [0.29, 0.717) is 42.6 Å². The van der Waals surface area contributed by atoms with Gasteiger partial charge >= 0.3 is 5.97 Å². The minimum Gasteiger partial charge on any atom is -0.507 e. The van der Waals surface area contributed by atoms with Gasteiger partial charge < -0.3 is 20.1 Å². The summed E-state index contributed by atoms with van der Waals surface area (Å²) in [6.45, 7) is 6.06. The van der Waals surface area contributed by atoms with Gasteiger partial charge in [-0.1, -0.05) is 19.4 Å². The lowest BCUT2D eigenvalue weighted by Gasteiger charge is -2.46. The maximum absolute atomic E-state index is 11.4. The van der Waals surface area contributed by atoms with E-state index in [2.05, 4.69) is 0 Å². The van der Waals surface area contributed by atoms with Gasteiger partial charge in [0.25, 0.3) is 0 Å². The normalized spacial score (nSPS) is 24.7. The van der Waals surface area contributed by atoms with Gasteiger partial charge in [0.05, 0.1) is 6.10 Å². The smallest absolute Gasteiger partial charge is 0.331 e. The summed E-state index contributed by atoms with van der Waals surface area (Å²) in [5, 5.41) is 30.1. The van der Waals surface area contributed by atoms with E-state index in [1.807, 2.05) is 26.8 Å². The summed E-state index contributed by atoms with van der Waals surface area (Å²) in [6.07, 6.45) is 4.63. The molecule has 1 aliphatic carbocycles. The third-order valence-electron chi connectivity index (χ3n) is 5.69. The fraction of sp³-hybridized carbons (Fsp3) is 0.571. The molecule has 3 atom stereocenters. The van der Waals surface area contributed by atoms with Gasteiger partial charge in [-0.05, 0) is 57.2 Å². The molecule has 142 valence electrons. The van der Waals surface area contributed by atoms with Gasteiger partial charge in [0, 0.05) is 23.0 Å². The minimum atomic E-state index is -0.895. The summed E-state index contributed by atoms with van der Waals surface area (Å²) < 4.78 is 6.23. The first kappa shape index (κ1) is 18.8. The topological polar surface area (TPSA) is 87.0 Å². The molecule has 26 heavy (non-hydrogen) atoms. The van der Waals surface area contributed by atoms with Crippen molar-refractivity contribution in [3.63, 3.8) is 0 Å². The highest BCUT2D eigenvalue weighted by atomic mass is 16.5. The Morgan fingerprint density at radius 2 is 2.12 bits per heavy atom.